The van der Waals surface area contributed by atoms with Crippen LogP contribution in [0, 0.1) is 23.7 Å². The number of amides is 1. The second-order valence-electron chi connectivity index (χ2n) is 7.11. The van der Waals surface area contributed by atoms with Crippen LogP contribution in [-0.4, -0.2) is 29.3 Å². The van der Waals surface area contributed by atoms with Gasteiger partial charge in [-0.2, -0.15) is 0 Å². The minimum absolute atomic E-state index is 0.0313. The van der Waals surface area contributed by atoms with Crippen LogP contribution < -0.4 is 5.32 Å². The smallest absolute Gasteiger partial charge is 0.408 e. The van der Waals surface area contributed by atoms with Gasteiger partial charge in [-0.15, -0.1) is 6.58 Å². The third-order valence-corrected chi connectivity index (χ3v) is 5.39. The molecule has 3 fully saturated rings. The molecule has 5 heteroatoms. The fourth-order valence-electron chi connectivity index (χ4n) is 3.91. The lowest BCUT2D eigenvalue weighted by atomic mass is 9.94. The first kappa shape index (κ1) is 15.4. The van der Waals surface area contributed by atoms with Gasteiger partial charge in [-0.1, -0.05) is 6.08 Å². The number of carbonyl (C=O) groups excluding carboxylic acids is 1. The highest BCUT2D eigenvalue weighted by Crippen LogP contribution is 2.55. The van der Waals surface area contributed by atoms with Gasteiger partial charge >= 0.3 is 12.1 Å². The number of hydrogen-bond donors (Lipinski definition) is 2. The Morgan fingerprint density at radius 2 is 2.00 bits per heavy atom. The largest absolute Gasteiger partial charge is 0.480 e. The van der Waals surface area contributed by atoms with Gasteiger partial charge in [0, 0.05) is 0 Å². The molecule has 3 rings (SSSR count). The molecule has 0 spiro atoms. The minimum atomic E-state index is -0.943. The van der Waals surface area contributed by atoms with E-state index >= 15 is 0 Å². The van der Waals surface area contributed by atoms with Gasteiger partial charge in [-0.3, -0.25) is 0 Å². The van der Waals surface area contributed by atoms with E-state index in [1.165, 1.54) is 6.42 Å². The van der Waals surface area contributed by atoms with Crippen molar-refractivity contribution in [3.63, 3.8) is 0 Å². The second-order valence-corrected chi connectivity index (χ2v) is 7.11. The molecule has 122 valence electrons. The minimum Gasteiger partial charge on any atom is -0.480 e. The average Bonchev–Trinajstić information content (AvgIpc) is 3.35. The van der Waals surface area contributed by atoms with Crippen LogP contribution in [0.25, 0.3) is 0 Å². The summed E-state index contributed by atoms with van der Waals surface area (Å²) in [6.07, 6.45) is 8.38. The summed E-state index contributed by atoms with van der Waals surface area (Å²) in [6.45, 7) is 3.69. The lowest BCUT2D eigenvalue weighted by Crippen LogP contribution is -2.46. The molecule has 0 aromatic carbocycles. The zero-order valence-corrected chi connectivity index (χ0v) is 12.9. The number of nitrogens with one attached hydrogen (secondary N) is 1. The summed E-state index contributed by atoms with van der Waals surface area (Å²) in [5.74, 6) is 0.954. The zero-order valence-electron chi connectivity index (χ0n) is 12.9. The predicted octanol–water partition coefficient (Wildman–Crippen LogP) is 2.96. The van der Waals surface area contributed by atoms with E-state index in [9.17, 15) is 14.7 Å². The normalized spacial score (nSPS) is 36.1. The van der Waals surface area contributed by atoms with E-state index in [2.05, 4.69) is 11.9 Å². The molecule has 3 aliphatic rings. The quantitative estimate of drug-likeness (QED) is 0.534. The van der Waals surface area contributed by atoms with Crippen LogP contribution >= 0.6 is 0 Å². The fraction of sp³-hybridized carbons (Fsp3) is 0.765. The van der Waals surface area contributed by atoms with Crippen LogP contribution in [0.15, 0.2) is 12.7 Å². The summed E-state index contributed by atoms with van der Waals surface area (Å²) in [5, 5.41) is 11.9. The molecule has 0 radical (unpaired) electrons. The summed E-state index contributed by atoms with van der Waals surface area (Å²) in [7, 11) is 0. The van der Waals surface area contributed by atoms with E-state index in [4.69, 9.17) is 4.74 Å². The number of alkyl carbamates (subject to hydrolysis) is 1. The molecule has 5 nitrogen and oxygen atoms in total. The number of aliphatic carboxylic acids is 1. The van der Waals surface area contributed by atoms with Gasteiger partial charge in [-0.25, -0.2) is 9.59 Å². The molecule has 0 bridgehead atoms. The molecular weight excluding hydrogens is 282 g/mol. The lowest BCUT2D eigenvalue weighted by Gasteiger charge is -2.21. The van der Waals surface area contributed by atoms with Crippen LogP contribution in [0.4, 0.5) is 4.79 Å². The van der Waals surface area contributed by atoms with Crippen LogP contribution in [0.2, 0.25) is 0 Å². The number of fused-ring (bicyclic) bond motifs is 1. The van der Waals surface area contributed by atoms with Crippen molar-refractivity contribution >= 4 is 12.1 Å². The van der Waals surface area contributed by atoms with Gasteiger partial charge < -0.3 is 15.2 Å². The molecular formula is C17H25NO4. The van der Waals surface area contributed by atoms with E-state index in [1.807, 2.05) is 6.08 Å². The molecule has 1 amide bonds. The van der Waals surface area contributed by atoms with Crippen LogP contribution in [0.3, 0.4) is 0 Å². The molecule has 3 saturated carbocycles. The Kier molecular flexibility index (Phi) is 4.41. The summed E-state index contributed by atoms with van der Waals surface area (Å²) in [4.78, 5) is 23.3. The number of unbranched alkanes of at least 4 members (excludes halogenated alkanes) is 1. The van der Waals surface area contributed by atoms with E-state index in [0.717, 1.165) is 38.5 Å². The molecule has 3 aliphatic carbocycles. The number of hydrogen-bond acceptors (Lipinski definition) is 3. The Hall–Kier alpha value is -1.52. The van der Waals surface area contributed by atoms with Crippen molar-refractivity contribution in [3.05, 3.63) is 12.7 Å². The van der Waals surface area contributed by atoms with Crippen LogP contribution in [0.5, 0.6) is 0 Å². The van der Waals surface area contributed by atoms with E-state index in [-0.39, 0.29) is 12.0 Å². The van der Waals surface area contributed by atoms with Crippen molar-refractivity contribution in [3.8, 4) is 0 Å². The highest BCUT2D eigenvalue weighted by molar-refractivity contribution is 5.80. The number of ether oxygens (including phenoxy) is 1. The molecule has 2 N–H and O–H groups in total. The number of carboxylic acid groups (broad SMARTS) is 1. The lowest BCUT2D eigenvalue weighted by molar-refractivity contribution is -0.140. The molecule has 0 aromatic rings. The maximum atomic E-state index is 11.9. The Morgan fingerprint density at radius 1 is 1.27 bits per heavy atom. The van der Waals surface area contributed by atoms with E-state index in [1.54, 1.807) is 0 Å². The van der Waals surface area contributed by atoms with E-state index in [0.29, 0.717) is 17.8 Å². The topological polar surface area (TPSA) is 75.6 Å². The van der Waals surface area contributed by atoms with Crippen molar-refractivity contribution < 1.29 is 19.4 Å². The second kappa shape index (κ2) is 6.31. The average molecular weight is 307 g/mol. The van der Waals surface area contributed by atoms with Gasteiger partial charge in [0.15, 0.2) is 0 Å². The monoisotopic (exact) mass is 307 g/mol. The van der Waals surface area contributed by atoms with Crippen molar-refractivity contribution in [2.75, 3.05) is 0 Å². The number of allylic oxidation sites excluding steroid dienone is 1. The summed E-state index contributed by atoms with van der Waals surface area (Å²) < 4.78 is 5.34. The summed E-state index contributed by atoms with van der Waals surface area (Å²) in [6, 6.07) is -0.793. The molecule has 1 unspecified atom stereocenters. The standard InChI is InChI=1S/C17H25NO4/c1-2-3-4-5-10-9-14(10)22-17(21)18-15(16(19)20)13-7-11-6-12(11)8-13/h2,10-15H,1,3-9H2,(H,18,21)(H,19,20)/t10?,11-,12+,13-,14-,15+/m1/s1. The highest BCUT2D eigenvalue weighted by atomic mass is 16.6. The number of carboxylic acids is 1. The van der Waals surface area contributed by atoms with Crippen molar-refractivity contribution in [2.45, 2.75) is 57.1 Å². The summed E-state index contributed by atoms with van der Waals surface area (Å²) >= 11 is 0. The molecule has 0 aliphatic heterocycles. The van der Waals surface area contributed by atoms with Gasteiger partial charge in [0.2, 0.25) is 0 Å². The third-order valence-electron chi connectivity index (χ3n) is 5.39. The first-order chi connectivity index (χ1) is 10.6. The maximum Gasteiger partial charge on any atom is 0.408 e. The first-order valence-corrected chi connectivity index (χ1v) is 8.39. The summed E-state index contributed by atoms with van der Waals surface area (Å²) in [5.41, 5.74) is 0. The van der Waals surface area contributed by atoms with Crippen molar-refractivity contribution in [1.82, 2.24) is 5.32 Å². The molecule has 6 atom stereocenters. The van der Waals surface area contributed by atoms with Gasteiger partial charge in [-0.05, 0) is 68.6 Å². The van der Waals surface area contributed by atoms with Crippen molar-refractivity contribution in [1.29, 1.82) is 0 Å². The fourth-order valence-corrected chi connectivity index (χ4v) is 3.91. The molecule has 22 heavy (non-hydrogen) atoms. The predicted molar refractivity (Wildman–Crippen MR) is 81.3 cm³/mol. The van der Waals surface area contributed by atoms with Gasteiger partial charge in [0.25, 0.3) is 0 Å². The SMILES string of the molecule is C=CCCCC1C[C@H]1OC(=O)N[C@H](C(=O)O)[C@@H]1C[C@H]2C[C@H]2C1. The zero-order chi connectivity index (χ0) is 15.7. The highest BCUT2D eigenvalue weighted by Gasteiger charge is 2.50. The Bertz CT molecular complexity index is 454. The Labute approximate surface area is 131 Å². The van der Waals surface area contributed by atoms with Crippen molar-refractivity contribution in [2.24, 2.45) is 23.7 Å². The van der Waals surface area contributed by atoms with Gasteiger partial charge in [0.1, 0.15) is 12.1 Å². The first-order valence-electron chi connectivity index (χ1n) is 8.39. The van der Waals surface area contributed by atoms with Crippen LogP contribution in [0.1, 0.15) is 44.9 Å². The molecule has 0 saturated heterocycles. The number of carbonyl (C=O) groups is 2. The Balaban J connectivity index is 1.40. The Morgan fingerprint density at radius 3 is 2.64 bits per heavy atom. The van der Waals surface area contributed by atoms with E-state index < -0.39 is 18.1 Å². The number of rotatable bonds is 8. The van der Waals surface area contributed by atoms with Crippen LogP contribution in [-0.2, 0) is 9.53 Å². The molecule has 0 heterocycles. The maximum absolute atomic E-state index is 11.9. The molecule has 0 aromatic heterocycles. The van der Waals surface area contributed by atoms with Gasteiger partial charge in [0.05, 0.1) is 0 Å². The third kappa shape index (κ3) is 3.62.